The van der Waals surface area contributed by atoms with E-state index in [2.05, 4.69) is 6.92 Å². The largest absolute Gasteiger partial charge is 0.297 e. The Morgan fingerprint density at radius 2 is 1.68 bits per heavy atom. The predicted molar refractivity (Wildman–Crippen MR) is 77.7 cm³/mol. The summed E-state index contributed by atoms with van der Waals surface area (Å²) in [7, 11) is -3.63. The van der Waals surface area contributed by atoms with Gasteiger partial charge in [0.2, 0.25) is 0 Å². The molecule has 0 aliphatic heterocycles. The van der Waals surface area contributed by atoms with Crippen LogP contribution in [0.25, 0.3) is 0 Å². The number of hydrogen-bond donors (Lipinski definition) is 0. The van der Waals surface area contributed by atoms with Gasteiger partial charge in [0.1, 0.15) is 0 Å². The second-order valence-electron chi connectivity index (χ2n) is 4.92. The fourth-order valence-corrected chi connectivity index (χ4v) is 3.07. The van der Waals surface area contributed by atoms with E-state index in [0.717, 1.165) is 37.7 Å². The van der Waals surface area contributed by atoms with Crippen LogP contribution in [-0.2, 0) is 14.3 Å². The lowest BCUT2D eigenvalue weighted by atomic mass is 10.1. The maximum absolute atomic E-state index is 12.2. The molecule has 1 aromatic rings. The van der Waals surface area contributed by atoms with Crippen molar-refractivity contribution in [3.05, 3.63) is 29.8 Å². The normalized spacial score (nSPS) is 13.4. The zero-order valence-electron chi connectivity index (χ0n) is 12.1. The van der Waals surface area contributed by atoms with Gasteiger partial charge in [-0.1, -0.05) is 50.8 Å². The summed E-state index contributed by atoms with van der Waals surface area (Å²) in [6, 6.07) is 6.79. The van der Waals surface area contributed by atoms with E-state index >= 15 is 0 Å². The standard InChI is InChI=1S/C15H24O3S/c1-4-6-8-14(7-5-2)18-19(16,17)15-11-9-13(3)10-12-15/h9-12,14H,4-8H2,1-3H3. The van der Waals surface area contributed by atoms with Crippen molar-refractivity contribution in [1.82, 2.24) is 0 Å². The summed E-state index contributed by atoms with van der Waals surface area (Å²) in [6.07, 6.45) is 4.36. The van der Waals surface area contributed by atoms with E-state index in [4.69, 9.17) is 4.18 Å². The van der Waals surface area contributed by atoms with Gasteiger partial charge in [-0.2, -0.15) is 8.42 Å². The molecular formula is C15H24O3S. The average molecular weight is 284 g/mol. The summed E-state index contributed by atoms with van der Waals surface area (Å²) in [4.78, 5) is 0.246. The first-order chi connectivity index (χ1) is 8.99. The van der Waals surface area contributed by atoms with Crippen molar-refractivity contribution in [1.29, 1.82) is 0 Å². The molecule has 1 aromatic carbocycles. The van der Waals surface area contributed by atoms with E-state index in [0.29, 0.717) is 0 Å². The van der Waals surface area contributed by atoms with Gasteiger partial charge in [-0.15, -0.1) is 0 Å². The molecule has 0 heterocycles. The van der Waals surface area contributed by atoms with Crippen molar-refractivity contribution < 1.29 is 12.6 Å². The highest BCUT2D eigenvalue weighted by Crippen LogP contribution is 2.20. The summed E-state index contributed by atoms with van der Waals surface area (Å²) in [5.74, 6) is 0. The summed E-state index contributed by atoms with van der Waals surface area (Å²) >= 11 is 0. The molecule has 108 valence electrons. The second kappa shape index (κ2) is 7.65. The van der Waals surface area contributed by atoms with E-state index in [1.54, 1.807) is 24.3 Å². The Morgan fingerprint density at radius 1 is 1.05 bits per heavy atom. The lowest BCUT2D eigenvalue weighted by Crippen LogP contribution is -2.18. The summed E-state index contributed by atoms with van der Waals surface area (Å²) < 4.78 is 29.7. The molecule has 0 saturated carbocycles. The zero-order chi connectivity index (χ0) is 14.3. The molecule has 1 atom stereocenters. The summed E-state index contributed by atoms with van der Waals surface area (Å²) in [6.45, 7) is 6.07. The summed E-state index contributed by atoms with van der Waals surface area (Å²) in [5.41, 5.74) is 1.04. The van der Waals surface area contributed by atoms with Crippen LogP contribution in [-0.4, -0.2) is 14.5 Å². The third-order valence-electron chi connectivity index (χ3n) is 3.06. The van der Waals surface area contributed by atoms with Gasteiger partial charge in [0.25, 0.3) is 10.1 Å². The molecule has 1 rings (SSSR count). The third kappa shape index (κ3) is 5.33. The van der Waals surface area contributed by atoms with Crippen molar-refractivity contribution >= 4 is 10.1 Å². The second-order valence-corrected chi connectivity index (χ2v) is 6.49. The average Bonchev–Trinajstić information content (AvgIpc) is 2.36. The number of unbranched alkanes of at least 4 members (excludes halogenated alkanes) is 1. The van der Waals surface area contributed by atoms with Gasteiger partial charge in [-0.3, -0.25) is 4.18 Å². The molecule has 0 N–H and O–H groups in total. The molecule has 0 aliphatic carbocycles. The van der Waals surface area contributed by atoms with Crippen molar-refractivity contribution in [3.8, 4) is 0 Å². The SMILES string of the molecule is CCCCC(CCC)OS(=O)(=O)c1ccc(C)cc1. The van der Waals surface area contributed by atoms with Gasteiger partial charge in [0.05, 0.1) is 11.0 Å². The molecule has 0 fully saturated rings. The van der Waals surface area contributed by atoms with E-state index in [1.165, 1.54) is 0 Å². The van der Waals surface area contributed by atoms with E-state index in [9.17, 15) is 8.42 Å². The van der Waals surface area contributed by atoms with E-state index in [-0.39, 0.29) is 11.0 Å². The lowest BCUT2D eigenvalue weighted by molar-refractivity contribution is 0.184. The fraction of sp³-hybridized carbons (Fsp3) is 0.600. The van der Waals surface area contributed by atoms with Gasteiger partial charge in [-0.25, -0.2) is 0 Å². The third-order valence-corrected chi connectivity index (χ3v) is 4.44. The monoisotopic (exact) mass is 284 g/mol. The highest BCUT2D eigenvalue weighted by molar-refractivity contribution is 7.86. The minimum atomic E-state index is -3.63. The molecule has 0 aromatic heterocycles. The van der Waals surface area contributed by atoms with Crippen LogP contribution in [0.15, 0.2) is 29.2 Å². The van der Waals surface area contributed by atoms with Crippen LogP contribution in [0.3, 0.4) is 0 Å². The fourth-order valence-electron chi connectivity index (χ4n) is 1.93. The van der Waals surface area contributed by atoms with E-state index in [1.807, 2.05) is 13.8 Å². The van der Waals surface area contributed by atoms with E-state index < -0.39 is 10.1 Å². The van der Waals surface area contributed by atoms with Gasteiger partial charge in [0, 0.05) is 0 Å². The topological polar surface area (TPSA) is 43.4 Å². The Kier molecular flexibility index (Phi) is 6.52. The van der Waals surface area contributed by atoms with Crippen LogP contribution in [0.2, 0.25) is 0 Å². The van der Waals surface area contributed by atoms with Crippen LogP contribution in [0.1, 0.15) is 51.5 Å². The van der Waals surface area contributed by atoms with Crippen LogP contribution in [0.5, 0.6) is 0 Å². The van der Waals surface area contributed by atoms with Crippen molar-refractivity contribution in [3.63, 3.8) is 0 Å². The number of rotatable bonds is 8. The van der Waals surface area contributed by atoms with Crippen LogP contribution < -0.4 is 0 Å². The van der Waals surface area contributed by atoms with Gasteiger partial charge in [-0.05, 0) is 31.9 Å². The Balaban J connectivity index is 2.78. The quantitative estimate of drug-likeness (QED) is 0.676. The first-order valence-corrected chi connectivity index (χ1v) is 8.40. The molecule has 0 bridgehead atoms. The Labute approximate surface area is 117 Å². The molecule has 1 unspecified atom stereocenters. The molecule has 3 nitrogen and oxygen atoms in total. The Bertz CT molecular complexity index is 463. The molecule has 0 radical (unpaired) electrons. The summed E-state index contributed by atoms with van der Waals surface area (Å²) in [5, 5.41) is 0. The van der Waals surface area contributed by atoms with Gasteiger partial charge in [0.15, 0.2) is 0 Å². The number of hydrogen-bond acceptors (Lipinski definition) is 3. The van der Waals surface area contributed by atoms with Crippen LogP contribution in [0, 0.1) is 6.92 Å². The van der Waals surface area contributed by atoms with Crippen molar-refractivity contribution in [2.45, 2.75) is 63.9 Å². The minimum Gasteiger partial charge on any atom is -0.263 e. The molecule has 0 aliphatic rings. The maximum atomic E-state index is 12.2. The smallest absolute Gasteiger partial charge is 0.263 e. The molecule has 0 spiro atoms. The van der Waals surface area contributed by atoms with Gasteiger partial charge >= 0.3 is 0 Å². The highest BCUT2D eigenvalue weighted by atomic mass is 32.2. The van der Waals surface area contributed by atoms with Crippen LogP contribution in [0.4, 0.5) is 0 Å². The molecule has 19 heavy (non-hydrogen) atoms. The number of benzene rings is 1. The molecule has 0 amide bonds. The van der Waals surface area contributed by atoms with Crippen molar-refractivity contribution in [2.75, 3.05) is 0 Å². The highest BCUT2D eigenvalue weighted by Gasteiger charge is 2.20. The van der Waals surface area contributed by atoms with Crippen LogP contribution >= 0.6 is 0 Å². The number of aryl methyl sites for hydroxylation is 1. The molecule has 0 saturated heterocycles. The molecular weight excluding hydrogens is 260 g/mol. The lowest BCUT2D eigenvalue weighted by Gasteiger charge is -2.16. The maximum Gasteiger partial charge on any atom is 0.297 e. The Morgan fingerprint density at radius 3 is 2.21 bits per heavy atom. The van der Waals surface area contributed by atoms with Gasteiger partial charge < -0.3 is 0 Å². The first kappa shape index (κ1) is 16.2. The minimum absolute atomic E-state index is 0.198. The predicted octanol–water partition coefficient (Wildman–Crippen LogP) is 4.06. The van der Waals surface area contributed by atoms with Crippen molar-refractivity contribution in [2.24, 2.45) is 0 Å². The molecule has 4 heteroatoms. The zero-order valence-corrected chi connectivity index (χ0v) is 12.9. The first-order valence-electron chi connectivity index (χ1n) is 6.99. The Hall–Kier alpha value is -0.870.